The number of aryl methyl sites for hydroxylation is 1. The molecular weight excluding hydrogens is 302 g/mol. The zero-order chi connectivity index (χ0) is 16.5. The minimum absolute atomic E-state index is 0.0172. The normalized spacial score (nSPS) is 18.6. The first-order valence-corrected chi connectivity index (χ1v) is 8.27. The van der Waals surface area contributed by atoms with Gasteiger partial charge in [-0.15, -0.1) is 0 Å². The first-order valence-electron chi connectivity index (χ1n) is 8.27. The number of para-hydroxylation sites is 1. The summed E-state index contributed by atoms with van der Waals surface area (Å²) in [5, 5.41) is 0. The number of benzene rings is 1. The molecule has 0 aliphatic carbocycles. The lowest BCUT2D eigenvalue weighted by Crippen LogP contribution is -2.20. The topological polar surface area (TPSA) is 55.3 Å². The zero-order valence-corrected chi connectivity index (χ0v) is 13.7. The van der Waals surface area contributed by atoms with Crippen LogP contribution in [-0.4, -0.2) is 35.4 Å². The summed E-state index contributed by atoms with van der Waals surface area (Å²) in [7, 11) is 0. The SMILES string of the molecule is Cc1cccc2c1OC/C(=C\c1cnc(N3CCCC3)nc1)C2=O. The van der Waals surface area contributed by atoms with Gasteiger partial charge in [0.1, 0.15) is 12.4 Å². The van der Waals surface area contributed by atoms with Gasteiger partial charge in [0, 0.05) is 36.6 Å². The van der Waals surface area contributed by atoms with Crippen LogP contribution in [0.15, 0.2) is 36.2 Å². The number of Topliss-reactive ketones (excluding diaryl/α,β-unsaturated/α-hetero) is 1. The van der Waals surface area contributed by atoms with Gasteiger partial charge in [-0.2, -0.15) is 0 Å². The van der Waals surface area contributed by atoms with Crippen LogP contribution in [0.2, 0.25) is 0 Å². The number of aromatic nitrogens is 2. The molecule has 2 aromatic rings. The summed E-state index contributed by atoms with van der Waals surface area (Å²) in [6.45, 7) is 4.27. The Balaban J connectivity index is 1.58. The van der Waals surface area contributed by atoms with E-state index in [4.69, 9.17) is 4.74 Å². The van der Waals surface area contributed by atoms with Gasteiger partial charge in [0.25, 0.3) is 0 Å². The number of rotatable bonds is 2. The molecule has 1 fully saturated rings. The maximum atomic E-state index is 12.7. The number of carbonyl (C=O) groups is 1. The summed E-state index contributed by atoms with van der Waals surface area (Å²) in [6.07, 6.45) is 7.75. The molecule has 0 amide bonds. The van der Waals surface area contributed by atoms with Gasteiger partial charge >= 0.3 is 0 Å². The summed E-state index contributed by atoms with van der Waals surface area (Å²) in [5.41, 5.74) is 3.06. The number of anilines is 1. The van der Waals surface area contributed by atoms with E-state index >= 15 is 0 Å². The molecule has 0 unspecified atom stereocenters. The second-order valence-electron chi connectivity index (χ2n) is 6.25. The van der Waals surface area contributed by atoms with E-state index in [1.165, 1.54) is 12.8 Å². The van der Waals surface area contributed by atoms with E-state index in [-0.39, 0.29) is 12.4 Å². The number of ether oxygens (including phenoxy) is 1. The van der Waals surface area contributed by atoms with Gasteiger partial charge in [-0.25, -0.2) is 9.97 Å². The monoisotopic (exact) mass is 321 g/mol. The molecule has 0 radical (unpaired) electrons. The number of carbonyl (C=O) groups excluding carboxylic acids is 1. The van der Waals surface area contributed by atoms with Crippen molar-refractivity contribution >= 4 is 17.8 Å². The van der Waals surface area contributed by atoms with Crippen LogP contribution in [0.3, 0.4) is 0 Å². The fraction of sp³-hybridized carbons (Fsp3) is 0.316. The van der Waals surface area contributed by atoms with Crippen molar-refractivity contribution in [2.24, 2.45) is 0 Å². The highest BCUT2D eigenvalue weighted by molar-refractivity contribution is 6.14. The average Bonchev–Trinajstić information content (AvgIpc) is 3.13. The third-order valence-electron chi connectivity index (χ3n) is 4.51. The van der Waals surface area contributed by atoms with Crippen LogP contribution in [0.25, 0.3) is 6.08 Å². The highest BCUT2D eigenvalue weighted by Gasteiger charge is 2.24. The first-order chi connectivity index (χ1) is 11.7. The highest BCUT2D eigenvalue weighted by Crippen LogP contribution is 2.30. The Kier molecular flexibility index (Phi) is 3.76. The number of fused-ring (bicyclic) bond motifs is 1. The number of nitrogens with zero attached hydrogens (tertiary/aromatic N) is 3. The standard InChI is InChI=1S/C19H19N3O2/c1-13-5-4-6-16-17(23)15(12-24-18(13)16)9-14-10-20-19(21-11-14)22-7-2-3-8-22/h4-6,9-11H,2-3,7-8,12H2,1H3/b15-9+. The Bertz CT molecular complexity index is 806. The van der Waals surface area contributed by atoms with Crippen LogP contribution in [0.1, 0.15) is 34.3 Å². The van der Waals surface area contributed by atoms with Crippen LogP contribution in [0, 0.1) is 6.92 Å². The average molecular weight is 321 g/mol. The summed E-state index contributed by atoms with van der Waals surface area (Å²) in [4.78, 5) is 23.7. The van der Waals surface area contributed by atoms with Gasteiger partial charge in [0.15, 0.2) is 5.78 Å². The smallest absolute Gasteiger partial charge is 0.225 e. The van der Waals surface area contributed by atoms with Crippen molar-refractivity contribution in [2.75, 3.05) is 24.6 Å². The van der Waals surface area contributed by atoms with E-state index in [9.17, 15) is 4.79 Å². The lowest BCUT2D eigenvalue weighted by atomic mass is 9.97. The van der Waals surface area contributed by atoms with E-state index in [2.05, 4.69) is 14.9 Å². The molecule has 1 aromatic carbocycles. The molecule has 122 valence electrons. The Hall–Kier alpha value is -2.69. The van der Waals surface area contributed by atoms with Crippen molar-refractivity contribution in [1.29, 1.82) is 0 Å². The Morgan fingerprint density at radius 3 is 2.67 bits per heavy atom. The molecule has 2 aliphatic heterocycles. The van der Waals surface area contributed by atoms with E-state index < -0.39 is 0 Å². The molecule has 0 atom stereocenters. The van der Waals surface area contributed by atoms with E-state index in [0.717, 1.165) is 30.2 Å². The van der Waals surface area contributed by atoms with Crippen molar-refractivity contribution in [1.82, 2.24) is 9.97 Å². The minimum Gasteiger partial charge on any atom is -0.488 e. The van der Waals surface area contributed by atoms with Crippen LogP contribution in [0.5, 0.6) is 5.75 Å². The summed E-state index contributed by atoms with van der Waals surface area (Å²) in [6, 6.07) is 5.64. The Morgan fingerprint density at radius 2 is 1.92 bits per heavy atom. The number of hydrogen-bond acceptors (Lipinski definition) is 5. The van der Waals surface area contributed by atoms with Gasteiger partial charge in [0.2, 0.25) is 5.95 Å². The van der Waals surface area contributed by atoms with E-state index in [1.807, 2.05) is 31.2 Å². The van der Waals surface area contributed by atoms with Crippen LogP contribution in [0.4, 0.5) is 5.95 Å². The molecule has 24 heavy (non-hydrogen) atoms. The van der Waals surface area contributed by atoms with Gasteiger partial charge in [0.05, 0.1) is 5.56 Å². The Morgan fingerprint density at radius 1 is 1.17 bits per heavy atom. The van der Waals surface area contributed by atoms with E-state index in [0.29, 0.717) is 16.9 Å². The molecule has 4 rings (SSSR count). The van der Waals surface area contributed by atoms with Crippen molar-refractivity contribution < 1.29 is 9.53 Å². The molecular formula is C19H19N3O2. The summed E-state index contributed by atoms with van der Waals surface area (Å²) < 4.78 is 5.78. The summed E-state index contributed by atoms with van der Waals surface area (Å²) in [5.74, 6) is 1.48. The van der Waals surface area contributed by atoms with Crippen molar-refractivity contribution in [2.45, 2.75) is 19.8 Å². The highest BCUT2D eigenvalue weighted by atomic mass is 16.5. The molecule has 0 saturated carbocycles. The molecule has 5 heteroatoms. The van der Waals surface area contributed by atoms with Crippen molar-refractivity contribution in [3.8, 4) is 5.75 Å². The van der Waals surface area contributed by atoms with Crippen LogP contribution < -0.4 is 9.64 Å². The lowest BCUT2D eigenvalue weighted by Gasteiger charge is -2.20. The molecule has 2 aliphatic rings. The van der Waals surface area contributed by atoms with Gasteiger partial charge in [-0.1, -0.05) is 12.1 Å². The molecule has 0 bridgehead atoms. The maximum absolute atomic E-state index is 12.7. The van der Waals surface area contributed by atoms with Gasteiger partial charge in [-0.05, 0) is 37.5 Å². The molecule has 1 saturated heterocycles. The van der Waals surface area contributed by atoms with Gasteiger partial charge in [-0.3, -0.25) is 4.79 Å². The fourth-order valence-corrected chi connectivity index (χ4v) is 3.21. The number of hydrogen-bond donors (Lipinski definition) is 0. The quantitative estimate of drug-likeness (QED) is 0.796. The maximum Gasteiger partial charge on any atom is 0.225 e. The molecule has 3 heterocycles. The Labute approximate surface area is 141 Å². The molecule has 1 aromatic heterocycles. The molecule has 0 spiro atoms. The molecule has 5 nitrogen and oxygen atoms in total. The third-order valence-corrected chi connectivity index (χ3v) is 4.51. The van der Waals surface area contributed by atoms with E-state index in [1.54, 1.807) is 12.4 Å². The largest absolute Gasteiger partial charge is 0.488 e. The minimum atomic E-state index is 0.0172. The third kappa shape index (κ3) is 2.66. The summed E-state index contributed by atoms with van der Waals surface area (Å²) >= 11 is 0. The molecule has 0 N–H and O–H groups in total. The van der Waals surface area contributed by atoms with Gasteiger partial charge < -0.3 is 9.64 Å². The first kappa shape index (κ1) is 14.9. The fourth-order valence-electron chi connectivity index (χ4n) is 3.21. The second kappa shape index (κ2) is 6.07. The lowest BCUT2D eigenvalue weighted by molar-refractivity contribution is 0.100. The second-order valence-corrected chi connectivity index (χ2v) is 6.25. The zero-order valence-electron chi connectivity index (χ0n) is 13.7. The number of ketones is 1. The van der Waals surface area contributed by atoms with Crippen LogP contribution >= 0.6 is 0 Å². The van der Waals surface area contributed by atoms with Crippen molar-refractivity contribution in [3.05, 3.63) is 52.9 Å². The van der Waals surface area contributed by atoms with Crippen LogP contribution in [-0.2, 0) is 0 Å². The predicted octanol–water partition coefficient (Wildman–Crippen LogP) is 3.04. The predicted molar refractivity (Wildman–Crippen MR) is 92.5 cm³/mol. The van der Waals surface area contributed by atoms with Crippen molar-refractivity contribution in [3.63, 3.8) is 0 Å².